The van der Waals surface area contributed by atoms with Crippen LogP contribution in [-0.2, 0) is 24.4 Å². The van der Waals surface area contributed by atoms with Crippen molar-refractivity contribution in [2.75, 3.05) is 6.61 Å². The molecule has 0 heterocycles. The Morgan fingerprint density at radius 2 is 1.35 bits per heavy atom. The van der Waals surface area contributed by atoms with Gasteiger partial charge >= 0.3 is 5.97 Å². The fourth-order valence-corrected chi connectivity index (χ4v) is 4.12. The second-order valence-electron chi connectivity index (χ2n) is 8.80. The molecule has 9 heteroatoms. The molecule has 0 aliphatic heterocycles. The third-order valence-corrected chi connectivity index (χ3v) is 6.72. The van der Waals surface area contributed by atoms with Crippen LogP contribution in [0.3, 0.4) is 0 Å². The number of aliphatic hydroxyl groups is 1. The first-order valence-electron chi connectivity index (χ1n) is 13.0. The molecular formula is C25H47NO7S. The van der Waals surface area contributed by atoms with Crippen molar-refractivity contribution in [1.82, 2.24) is 5.32 Å². The lowest BCUT2D eigenvalue weighted by Gasteiger charge is -2.16. The molecule has 0 aromatic heterocycles. The molecule has 0 aromatic carbocycles. The van der Waals surface area contributed by atoms with Crippen molar-refractivity contribution in [1.29, 1.82) is 0 Å². The highest BCUT2D eigenvalue weighted by Crippen LogP contribution is 2.11. The van der Waals surface area contributed by atoms with E-state index in [1.54, 1.807) is 6.92 Å². The zero-order chi connectivity index (χ0) is 25.7. The summed E-state index contributed by atoms with van der Waals surface area (Å²) < 4.78 is 37.0. The van der Waals surface area contributed by atoms with Gasteiger partial charge in [0.1, 0.15) is 6.23 Å². The monoisotopic (exact) mass is 505 g/mol. The van der Waals surface area contributed by atoms with Crippen molar-refractivity contribution in [2.45, 2.75) is 128 Å². The number of rotatable bonds is 22. The molecule has 0 bridgehead atoms. The van der Waals surface area contributed by atoms with Gasteiger partial charge in [-0.1, -0.05) is 83.8 Å². The van der Waals surface area contributed by atoms with Gasteiger partial charge in [0.25, 0.3) is 10.1 Å². The molecule has 8 nitrogen and oxygen atoms in total. The fourth-order valence-electron chi connectivity index (χ4n) is 3.44. The van der Waals surface area contributed by atoms with Crippen LogP contribution in [0.1, 0.15) is 117 Å². The maximum atomic E-state index is 11.9. The summed E-state index contributed by atoms with van der Waals surface area (Å²) in [6, 6.07) is 0. The van der Waals surface area contributed by atoms with Crippen LogP contribution >= 0.6 is 0 Å². The summed E-state index contributed by atoms with van der Waals surface area (Å²) in [7, 11) is -4.80. The number of amides is 1. The van der Waals surface area contributed by atoms with Crippen LogP contribution in [0.5, 0.6) is 0 Å². The summed E-state index contributed by atoms with van der Waals surface area (Å²) in [6.45, 7) is 3.95. The standard InChI is InChI=1S/C25H47NO7S/c1-3-5-6-7-8-9-10-11-12-13-14-15-16-17-18-19-20-33-24(28)21-22(34(30,31)32)25(29)26-23(27)4-2/h11-12,22-23,27H,3-10,13-21H2,1-2H3,(H,26,29)(H,30,31,32)/b12-11-. The second kappa shape index (κ2) is 20.9. The number of aliphatic hydroxyl groups excluding tert-OH is 1. The van der Waals surface area contributed by atoms with Gasteiger partial charge in [-0.25, -0.2) is 0 Å². The number of hydrogen-bond donors (Lipinski definition) is 3. The first-order valence-corrected chi connectivity index (χ1v) is 14.5. The summed E-state index contributed by atoms with van der Waals surface area (Å²) in [4.78, 5) is 23.8. The first kappa shape index (κ1) is 32.5. The Labute approximate surface area is 206 Å². The molecule has 3 N–H and O–H groups in total. The average molecular weight is 506 g/mol. The molecule has 2 unspecified atom stereocenters. The van der Waals surface area contributed by atoms with Crippen LogP contribution in [0.4, 0.5) is 0 Å². The number of carbonyl (C=O) groups is 2. The van der Waals surface area contributed by atoms with E-state index >= 15 is 0 Å². The summed E-state index contributed by atoms with van der Waals surface area (Å²) in [5, 5.41) is 9.45. The molecule has 0 saturated carbocycles. The van der Waals surface area contributed by atoms with E-state index in [-0.39, 0.29) is 13.0 Å². The minimum absolute atomic E-state index is 0.136. The highest BCUT2D eigenvalue weighted by Gasteiger charge is 2.34. The number of hydrogen-bond acceptors (Lipinski definition) is 6. The van der Waals surface area contributed by atoms with Gasteiger partial charge in [0.15, 0.2) is 5.25 Å². The third kappa shape index (κ3) is 18.9. The number of allylic oxidation sites excluding steroid dienone is 2. The number of ether oxygens (including phenoxy) is 1. The van der Waals surface area contributed by atoms with Crippen LogP contribution < -0.4 is 5.32 Å². The van der Waals surface area contributed by atoms with Crippen molar-refractivity contribution >= 4 is 22.0 Å². The number of carbonyl (C=O) groups excluding carboxylic acids is 2. The summed E-state index contributed by atoms with van der Waals surface area (Å²) in [5.41, 5.74) is 0. The SMILES string of the molecule is CCCCCCCC/C=C\CCCCCCCCOC(=O)CC(C(=O)NC(O)CC)S(=O)(=O)O. The Kier molecular flexibility index (Phi) is 20.0. The molecule has 0 fully saturated rings. The van der Waals surface area contributed by atoms with Crippen LogP contribution in [0.25, 0.3) is 0 Å². The van der Waals surface area contributed by atoms with Crippen LogP contribution in [0, 0.1) is 0 Å². The molecule has 200 valence electrons. The largest absolute Gasteiger partial charge is 0.466 e. The van der Waals surface area contributed by atoms with E-state index in [0.29, 0.717) is 6.42 Å². The van der Waals surface area contributed by atoms with Gasteiger partial charge in [0, 0.05) is 0 Å². The lowest BCUT2D eigenvalue weighted by atomic mass is 10.1. The topological polar surface area (TPSA) is 130 Å². The molecule has 34 heavy (non-hydrogen) atoms. The summed E-state index contributed by atoms with van der Waals surface area (Å²) in [5.74, 6) is -2.01. The number of nitrogens with one attached hydrogen (secondary N) is 1. The molecule has 2 atom stereocenters. The van der Waals surface area contributed by atoms with Crippen LogP contribution in [0.15, 0.2) is 12.2 Å². The lowest BCUT2D eigenvalue weighted by molar-refractivity contribution is -0.145. The lowest BCUT2D eigenvalue weighted by Crippen LogP contribution is -2.45. The minimum Gasteiger partial charge on any atom is -0.466 e. The normalized spacial score (nSPS) is 13.6. The van der Waals surface area contributed by atoms with Gasteiger partial charge < -0.3 is 15.2 Å². The van der Waals surface area contributed by atoms with Gasteiger partial charge in [-0.05, 0) is 38.5 Å². The smallest absolute Gasteiger partial charge is 0.307 e. The van der Waals surface area contributed by atoms with E-state index in [4.69, 9.17) is 4.74 Å². The quantitative estimate of drug-likeness (QED) is 0.0616. The van der Waals surface area contributed by atoms with Crippen molar-refractivity contribution < 1.29 is 32.4 Å². The number of unbranched alkanes of at least 4 members (excludes halogenated alkanes) is 12. The van der Waals surface area contributed by atoms with E-state index in [2.05, 4.69) is 19.1 Å². The van der Waals surface area contributed by atoms with E-state index in [1.807, 2.05) is 5.32 Å². The van der Waals surface area contributed by atoms with Gasteiger partial charge in [0.05, 0.1) is 13.0 Å². The zero-order valence-corrected chi connectivity index (χ0v) is 22.0. The second-order valence-corrected chi connectivity index (χ2v) is 10.4. The molecule has 0 aromatic rings. The molecule has 0 aliphatic rings. The predicted molar refractivity (Wildman–Crippen MR) is 135 cm³/mol. The summed E-state index contributed by atoms with van der Waals surface area (Å²) >= 11 is 0. The van der Waals surface area contributed by atoms with Gasteiger partial charge in [-0.2, -0.15) is 8.42 Å². The molecule has 0 saturated heterocycles. The Bertz CT molecular complexity index is 664. The van der Waals surface area contributed by atoms with E-state index in [1.165, 1.54) is 51.4 Å². The highest BCUT2D eigenvalue weighted by molar-refractivity contribution is 7.87. The Balaban J connectivity index is 3.77. The van der Waals surface area contributed by atoms with E-state index < -0.39 is 39.9 Å². The van der Waals surface area contributed by atoms with E-state index in [9.17, 15) is 27.7 Å². The predicted octanol–water partition coefficient (Wildman–Crippen LogP) is 5.06. The fraction of sp³-hybridized carbons (Fsp3) is 0.840. The maximum Gasteiger partial charge on any atom is 0.307 e. The maximum absolute atomic E-state index is 11.9. The molecule has 0 rings (SSSR count). The Morgan fingerprint density at radius 1 is 0.853 bits per heavy atom. The van der Waals surface area contributed by atoms with Gasteiger partial charge in [-0.15, -0.1) is 0 Å². The third-order valence-electron chi connectivity index (χ3n) is 5.62. The average Bonchev–Trinajstić information content (AvgIpc) is 2.78. The van der Waals surface area contributed by atoms with Crippen molar-refractivity contribution in [3.05, 3.63) is 12.2 Å². The molecule has 0 radical (unpaired) electrons. The zero-order valence-electron chi connectivity index (χ0n) is 21.2. The highest BCUT2D eigenvalue weighted by atomic mass is 32.2. The summed E-state index contributed by atoms with van der Waals surface area (Å²) in [6.07, 6.45) is 19.0. The molecule has 1 amide bonds. The van der Waals surface area contributed by atoms with Crippen molar-refractivity contribution in [2.24, 2.45) is 0 Å². The minimum atomic E-state index is -4.80. The molecule has 0 spiro atoms. The Morgan fingerprint density at radius 3 is 1.85 bits per heavy atom. The van der Waals surface area contributed by atoms with Crippen LogP contribution in [0.2, 0.25) is 0 Å². The Hall–Kier alpha value is -1.45. The van der Waals surface area contributed by atoms with Crippen LogP contribution in [-0.4, -0.2) is 48.0 Å². The van der Waals surface area contributed by atoms with Gasteiger partial charge in [0.2, 0.25) is 5.91 Å². The first-order chi connectivity index (χ1) is 16.2. The van der Waals surface area contributed by atoms with Crippen molar-refractivity contribution in [3.8, 4) is 0 Å². The van der Waals surface area contributed by atoms with Gasteiger partial charge in [-0.3, -0.25) is 14.1 Å². The molecular weight excluding hydrogens is 458 g/mol. The van der Waals surface area contributed by atoms with Crippen molar-refractivity contribution in [3.63, 3.8) is 0 Å². The molecule has 0 aliphatic carbocycles. The number of esters is 1. The van der Waals surface area contributed by atoms with E-state index in [0.717, 1.165) is 32.1 Å².